The number of ether oxygens (including phenoxy) is 2. The molecule has 1 heterocycles. The van der Waals surface area contributed by atoms with Crippen molar-refractivity contribution < 1.29 is 28.7 Å². The number of hydrogen-bond donors (Lipinski definition) is 1. The molecule has 1 unspecified atom stereocenters. The van der Waals surface area contributed by atoms with Crippen molar-refractivity contribution in [3.8, 4) is 5.75 Å². The summed E-state index contributed by atoms with van der Waals surface area (Å²) in [5.41, 5.74) is -0.121. The van der Waals surface area contributed by atoms with Gasteiger partial charge in [0.05, 0.1) is 43.5 Å². The number of fused-ring (bicyclic) bond motifs is 1. The highest BCUT2D eigenvalue weighted by Crippen LogP contribution is 2.45. The van der Waals surface area contributed by atoms with Crippen molar-refractivity contribution in [2.24, 2.45) is 0 Å². The minimum atomic E-state index is -1.38. The van der Waals surface area contributed by atoms with Crippen molar-refractivity contribution in [3.05, 3.63) is 55.5 Å². The van der Waals surface area contributed by atoms with Crippen LogP contribution >= 0.6 is 46.4 Å². The van der Waals surface area contributed by atoms with E-state index < -0.39 is 36.3 Å². The highest BCUT2D eigenvalue weighted by Gasteiger charge is 2.45. The molecule has 2 aromatic rings. The number of nitrogens with zero attached hydrogens (tertiary/aromatic N) is 1. The summed E-state index contributed by atoms with van der Waals surface area (Å²) >= 11 is 24.1. The molecule has 0 bridgehead atoms. The number of nitrogens with one attached hydrogen (secondary N) is 1. The molecule has 33 heavy (non-hydrogen) atoms. The number of rotatable bonds is 7. The van der Waals surface area contributed by atoms with Crippen LogP contribution in [-0.4, -0.2) is 47.8 Å². The van der Waals surface area contributed by atoms with Gasteiger partial charge >= 0.3 is 5.97 Å². The summed E-state index contributed by atoms with van der Waals surface area (Å²) in [6.07, 6.45) is 0. The first-order valence-electron chi connectivity index (χ1n) is 9.52. The van der Waals surface area contributed by atoms with Crippen LogP contribution in [0.5, 0.6) is 5.75 Å². The van der Waals surface area contributed by atoms with Gasteiger partial charge < -0.3 is 14.8 Å². The Morgan fingerprint density at radius 2 is 1.52 bits per heavy atom. The fourth-order valence-corrected chi connectivity index (χ4v) is 4.13. The van der Waals surface area contributed by atoms with Crippen LogP contribution < -0.4 is 10.1 Å². The van der Waals surface area contributed by atoms with Crippen LogP contribution in [-0.2, 0) is 14.3 Å². The highest BCUT2D eigenvalue weighted by molar-refractivity contribution is 6.55. The minimum absolute atomic E-state index is 0.190. The Hall–Kier alpha value is -2.52. The van der Waals surface area contributed by atoms with Gasteiger partial charge in [-0.2, -0.15) is 0 Å². The lowest BCUT2D eigenvalue weighted by molar-refractivity contribution is -0.150. The third kappa shape index (κ3) is 4.75. The van der Waals surface area contributed by atoms with Gasteiger partial charge in [-0.3, -0.25) is 19.3 Å². The molecule has 1 aliphatic rings. The molecule has 0 fully saturated rings. The summed E-state index contributed by atoms with van der Waals surface area (Å²) in [4.78, 5) is 51.0. The number of halogens is 4. The van der Waals surface area contributed by atoms with E-state index in [1.807, 2.05) is 0 Å². The van der Waals surface area contributed by atoms with Gasteiger partial charge in [0.1, 0.15) is 11.8 Å². The fourth-order valence-electron chi connectivity index (χ4n) is 3.12. The number of benzene rings is 2. The van der Waals surface area contributed by atoms with Crippen molar-refractivity contribution in [3.63, 3.8) is 0 Å². The lowest BCUT2D eigenvalue weighted by Gasteiger charge is -2.21. The number of anilines is 1. The quantitative estimate of drug-likeness (QED) is 0.236. The van der Waals surface area contributed by atoms with Crippen molar-refractivity contribution in [2.75, 3.05) is 18.5 Å². The van der Waals surface area contributed by atoms with Gasteiger partial charge in [0, 0.05) is 0 Å². The molecular formula is C21H16Cl4N2O6. The molecule has 3 amide bonds. The second-order valence-electron chi connectivity index (χ2n) is 6.75. The van der Waals surface area contributed by atoms with Gasteiger partial charge in [-0.1, -0.05) is 58.5 Å². The fraction of sp³-hybridized carbons (Fsp3) is 0.238. The van der Waals surface area contributed by atoms with Gasteiger partial charge in [-0.05, 0) is 26.0 Å². The molecule has 0 saturated carbocycles. The van der Waals surface area contributed by atoms with E-state index in [4.69, 9.17) is 55.9 Å². The Bertz CT molecular complexity index is 1120. The van der Waals surface area contributed by atoms with Gasteiger partial charge in [0.15, 0.2) is 6.61 Å². The molecule has 0 saturated heterocycles. The SMILES string of the molecule is CCOc1ccccc1NC(=O)COC(=O)C(C)N1C(=O)c2c(Cl)c(Cl)c(Cl)c(Cl)c2C1=O. The molecular weight excluding hydrogens is 518 g/mol. The number of esters is 1. The predicted molar refractivity (Wildman–Crippen MR) is 124 cm³/mol. The molecule has 0 radical (unpaired) electrons. The van der Waals surface area contributed by atoms with Crippen LogP contribution in [0.15, 0.2) is 24.3 Å². The Morgan fingerprint density at radius 1 is 0.970 bits per heavy atom. The molecule has 1 aliphatic heterocycles. The lowest BCUT2D eigenvalue weighted by atomic mass is 10.1. The maximum Gasteiger partial charge on any atom is 0.329 e. The monoisotopic (exact) mass is 532 g/mol. The molecule has 12 heteroatoms. The normalized spacial score (nSPS) is 13.6. The Kier molecular flexibility index (Phi) is 7.74. The van der Waals surface area contributed by atoms with E-state index in [1.165, 1.54) is 6.92 Å². The lowest BCUT2D eigenvalue weighted by Crippen LogP contribution is -2.44. The third-order valence-electron chi connectivity index (χ3n) is 4.67. The molecule has 2 aromatic carbocycles. The number of hydrogen-bond acceptors (Lipinski definition) is 6. The van der Waals surface area contributed by atoms with Crippen molar-refractivity contribution in [2.45, 2.75) is 19.9 Å². The zero-order valence-electron chi connectivity index (χ0n) is 17.2. The van der Waals surface area contributed by atoms with Crippen LogP contribution in [0.2, 0.25) is 20.1 Å². The first kappa shape index (κ1) is 25.1. The molecule has 1 N–H and O–H groups in total. The van der Waals surface area contributed by atoms with E-state index in [-0.39, 0.29) is 31.2 Å². The summed E-state index contributed by atoms with van der Waals surface area (Å²) in [5.74, 6) is -2.97. The maximum absolute atomic E-state index is 12.8. The molecule has 174 valence electrons. The number of carbonyl (C=O) groups excluding carboxylic acids is 4. The predicted octanol–water partition coefficient (Wildman–Crippen LogP) is 4.87. The first-order chi connectivity index (χ1) is 15.6. The number of para-hydroxylation sites is 2. The highest BCUT2D eigenvalue weighted by atomic mass is 35.5. The third-order valence-corrected chi connectivity index (χ3v) is 6.47. The summed E-state index contributed by atoms with van der Waals surface area (Å²) in [5, 5.41) is 1.67. The van der Waals surface area contributed by atoms with E-state index in [0.29, 0.717) is 22.9 Å². The van der Waals surface area contributed by atoms with Crippen LogP contribution in [0.1, 0.15) is 34.6 Å². The first-order valence-corrected chi connectivity index (χ1v) is 11.0. The largest absolute Gasteiger partial charge is 0.492 e. The van der Waals surface area contributed by atoms with Gasteiger partial charge in [0.25, 0.3) is 17.7 Å². The maximum atomic E-state index is 12.8. The van der Waals surface area contributed by atoms with Crippen LogP contribution in [0.3, 0.4) is 0 Å². The molecule has 0 aliphatic carbocycles. The molecule has 3 rings (SSSR count). The average molecular weight is 534 g/mol. The number of carbonyl (C=O) groups is 4. The van der Waals surface area contributed by atoms with E-state index in [2.05, 4.69) is 5.32 Å². The van der Waals surface area contributed by atoms with Crippen molar-refractivity contribution in [1.29, 1.82) is 0 Å². The topological polar surface area (TPSA) is 102 Å². The Labute approximate surface area is 208 Å². The zero-order valence-corrected chi connectivity index (χ0v) is 20.2. The zero-order chi connectivity index (χ0) is 24.4. The average Bonchev–Trinajstić information content (AvgIpc) is 3.05. The van der Waals surface area contributed by atoms with E-state index in [1.54, 1.807) is 31.2 Å². The molecule has 8 nitrogen and oxygen atoms in total. The van der Waals surface area contributed by atoms with Gasteiger partial charge in [-0.25, -0.2) is 4.79 Å². The van der Waals surface area contributed by atoms with Crippen LogP contribution in [0.25, 0.3) is 0 Å². The second-order valence-corrected chi connectivity index (χ2v) is 8.26. The van der Waals surface area contributed by atoms with Crippen molar-refractivity contribution >= 4 is 75.8 Å². The summed E-state index contributed by atoms with van der Waals surface area (Å²) < 4.78 is 10.4. The molecule has 0 spiro atoms. The molecule has 1 atom stereocenters. The smallest absolute Gasteiger partial charge is 0.329 e. The van der Waals surface area contributed by atoms with Gasteiger partial charge in [0.2, 0.25) is 0 Å². The Balaban J connectivity index is 1.70. The summed E-state index contributed by atoms with van der Waals surface area (Å²) in [6.45, 7) is 2.79. The number of amides is 3. The van der Waals surface area contributed by atoms with E-state index in [9.17, 15) is 19.2 Å². The van der Waals surface area contributed by atoms with Crippen molar-refractivity contribution in [1.82, 2.24) is 4.90 Å². The Morgan fingerprint density at radius 3 is 2.06 bits per heavy atom. The van der Waals surface area contributed by atoms with Crippen LogP contribution in [0.4, 0.5) is 5.69 Å². The van der Waals surface area contributed by atoms with E-state index in [0.717, 1.165) is 0 Å². The summed E-state index contributed by atoms with van der Waals surface area (Å²) in [7, 11) is 0. The standard InChI is InChI=1S/C21H16Cl4N2O6/c1-3-32-11-7-5-4-6-10(11)26-12(28)8-33-21(31)9(2)27-19(29)13-14(20(27)30)16(23)18(25)17(24)15(13)22/h4-7,9H,3,8H2,1-2H3,(H,26,28). The van der Waals surface area contributed by atoms with Crippen LogP contribution in [0, 0.1) is 0 Å². The minimum Gasteiger partial charge on any atom is -0.492 e. The van der Waals surface area contributed by atoms with Gasteiger partial charge in [-0.15, -0.1) is 0 Å². The second kappa shape index (κ2) is 10.2. The number of imide groups is 1. The summed E-state index contributed by atoms with van der Waals surface area (Å²) in [6, 6.07) is 5.35. The molecule has 0 aromatic heterocycles. The van der Waals surface area contributed by atoms with E-state index >= 15 is 0 Å².